The van der Waals surface area contributed by atoms with E-state index in [2.05, 4.69) is 6.92 Å². The zero-order chi connectivity index (χ0) is 13.8. The van der Waals surface area contributed by atoms with Gasteiger partial charge in [-0.05, 0) is 24.3 Å². The van der Waals surface area contributed by atoms with Crippen molar-refractivity contribution in [3.63, 3.8) is 0 Å². The summed E-state index contributed by atoms with van der Waals surface area (Å²) in [5, 5.41) is 0. The van der Waals surface area contributed by atoms with E-state index in [9.17, 15) is 4.39 Å². The van der Waals surface area contributed by atoms with Crippen LogP contribution in [0.1, 0.15) is 50.6 Å². The fourth-order valence-electron chi connectivity index (χ4n) is 3.35. The summed E-state index contributed by atoms with van der Waals surface area (Å²) in [5.74, 6) is 1.34. The van der Waals surface area contributed by atoms with Gasteiger partial charge in [-0.1, -0.05) is 38.7 Å². The quantitative estimate of drug-likeness (QED) is 0.891. The molecular weight excluding hydrogens is 241 g/mol. The van der Waals surface area contributed by atoms with Crippen molar-refractivity contribution in [3.05, 3.63) is 29.6 Å². The van der Waals surface area contributed by atoms with Crippen molar-refractivity contribution >= 4 is 0 Å². The molecule has 19 heavy (non-hydrogen) atoms. The van der Waals surface area contributed by atoms with E-state index in [1.807, 2.05) is 0 Å². The van der Waals surface area contributed by atoms with Gasteiger partial charge in [-0.25, -0.2) is 4.39 Å². The van der Waals surface area contributed by atoms with E-state index >= 15 is 0 Å². The standard InChI is InChI=1S/C16H24FNO/c1-3-11-6-4-5-7-13(11)16(18)14-9-8-12(19-2)10-15(14)17/h8-11,13,16H,3-7,18H2,1-2H3. The van der Waals surface area contributed by atoms with Crippen LogP contribution >= 0.6 is 0 Å². The third kappa shape index (κ3) is 3.08. The Hall–Kier alpha value is -1.09. The van der Waals surface area contributed by atoms with E-state index in [1.165, 1.54) is 25.3 Å². The second kappa shape index (κ2) is 6.38. The van der Waals surface area contributed by atoms with E-state index < -0.39 is 0 Å². The Morgan fingerprint density at radius 3 is 2.74 bits per heavy atom. The molecule has 3 unspecified atom stereocenters. The van der Waals surface area contributed by atoms with Crippen LogP contribution in [0.5, 0.6) is 5.75 Å². The van der Waals surface area contributed by atoms with Gasteiger partial charge in [0.25, 0.3) is 0 Å². The number of nitrogens with two attached hydrogens (primary N) is 1. The molecule has 3 atom stereocenters. The van der Waals surface area contributed by atoms with Crippen molar-refractivity contribution in [1.82, 2.24) is 0 Å². The monoisotopic (exact) mass is 265 g/mol. The molecule has 0 spiro atoms. The second-order valence-electron chi connectivity index (χ2n) is 5.53. The average Bonchev–Trinajstić information content (AvgIpc) is 2.46. The summed E-state index contributed by atoms with van der Waals surface area (Å²) in [6, 6.07) is 4.80. The smallest absolute Gasteiger partial charge is 0.131 e. The first-order chi connectivity index (χ1) is 9.17. The lowest BCUT2D eigenvalue weighted by Gasteiger charge is -2.35. The van der Waals surface area contributed by atoms with Crippen LogP contribution in [-0.4, -0.2) is 7.11 Å². The lowest BCUT2D eigenvalue weighted by atomic mass is 9.72. The average molecular weight is 265 g/mol. The summed E-state index contributed by atoms with van der Waals surface area (Å²) in [6.45, 7) is 2.21. The van der Waals surface area contributed by atoms with Crippen molar-refractivity contribution in [3.8, 4) is 5.75 Å². The number of methoxy groups -OCH3 is 1. The predicted octanol–water partition coefficient (Wildman–Crippen LogP) is 4.05. The molecule has 1 aromatic carbocycles. The summed E-state index contributed by atoms with van der Waals surface area (Å²) < 4.78 is 19.2. The lowest BCUT2D eigenvalue weighted by Crippen LogP contribution is -2.31. The minimum Gasteiger partial charge on any atom is -0.497 e. The van der Waals surface area contributed by atoms with E-state index in [0.29, 0.717) is 23.1 Å². The molecule has 0 radical (unpaired) electrons. The Morgan fingerprint density at radius 2 is 2.11 bits per heavy atom. The summed E-state index contributed by atoms with van der Waals surface area (Å²) in [5.41, 5.74) is 6.98. The molecule has 0 amide bonds. The number of ether oxygens (including phenoxy) is 1. The first kappa shape index (κ1) is 14.3. The van der Waals surface area contributed by atoms with Crippen LogP contribution in [-0.2, 0) is 0 Å². The van der Waals surface area contributed by atoms with Crippen LogP contribution in [0.4, 0.5) is 4.39 Å². The van der Waals surface area contributed by atoms with Gasteiger partial charge in [-0.2, -0.15) is 0 Å². The highest BCUT2D eigenvalue weighted by molar-refractivity contribution is 5.31. The summed E-state index contributed by atoms with van der Waals surface area (Å²) >= 11 is 0. The highest BCUT2D eigenvalue weighted by Crippen LogP contribution is 2.40. The van der Waals surface area contributed by atoms with Gasteiger partial charge in [0, 0.05) is 17.7 Å². The molecule has 0 aromatic heterocycles. The number of hydrogen-bond acceptors (Lipinski definition) is 2. The van der Waals surface area contributed by atoms with Gasteiger partial charge in [0.2, 0.25) is 0 Å². The first-order valence-electron chi connectivity index (χ1n) is 7.26. The molecule has 3 heteroatoms. The van der Waals surface area contributed by atoms with Gasteiger partial charge in [0.15, 0.2) is 0 Å². The van der Waals surface area contributed by atoms with Crippen LogP contribution in [0.15, 0.2) is 18.2 Å². The number of benzene rings is 1. The number of rotatable bonds is 4. The molecule has 106 valence electrons. The third-order valence-corrected chi connectivity index (χ3v) is 4.52. The molecule has 0 heterocycles. The molecule has 1 aliphatic rings. The van der Waals surface area contributed by atoms with Crippen molar-refractivity contribution in [2.75, 3.05) is 7.11 Å². The molecule has 1 saturated carbocycles. The Bertz CT molecular complexity index is 421. The van der Waals surface area contributed by atoms with E-state index in [0.717, 1.165) is 12.8 Å². The Morgan fingerprint density at radius 1 is 1.37 bits per heavy atom. The van der Waals surface area contributed by atoms with Crippen molar-refractivity contribution < 1.29 is 9.13 Å². The van der Waals surface area contributed by atoms with Gasteiger partial charge in [0.05, 0.1) is 7.11 Å². The predicted molar refractivity (Wildman–Crippen MR) is 75.6 cm³/mol. The Balaban J connectivity index is 2.20. The maximum absolute atomic E-state index is 14.1. The van der Waals surface area contributed by atoms with Crippen LogP contribution in [0.2, 0.25) is 0 Å². The summed E-state index contributed by atoms with van der Waals surface area (Å²) in [7, 11) is 1.54. The van der Waals surface area contributed by atoms with E-state index in [1.54, 1.807) is 19.2 Å². The first-order valence-corrected chi connectivity index (χ1v) is 7.26. The molecular formula is C16H24FNO. The third-order valence-electron chi connectivity index (χ3n) is 4.52. The SMILES string of the molecule is CCC1CCCCC1C(N)c1ccc(OC)cc1F. The fourth-order valence-corrected chi connectivity index (χ4v) is 3.35. The molecule has 1 fully saturated rings. The summed E-state index contributed by atoms with van der Waals surface area (Å²) in [4.78, 5) is 0. The minimum absolute atomic E-state index is 0.198. The maximum atomic E-state index is 14.1. The largest absolute Gasteiger partial charge is 0.497 e. The van der Waals surface area contributed by atoms with Gasteiger partial charge >= 0.3 is 0 Å². The highest BCUT2D eigenvalue weighted by atomic mass is 19.1. The van der Waals surface area contributed by atoms with Gasteiger partial charge in [-0.15, -0.1) is 0 Å². The zero-order valence-electron chi connectivity index (χ0n) is 11.9. The van der Waals surface area contributed by atoms with Crippen molar-refractivity contribution in [1.29, 1.82) is 0 Å². The number of halogens is 1. The minimum atomic E-state index is -0.243. The van der Waals surface area contributed by atoms with Crippen LogP contribution in [0.25, 0.3) is 0 Å². The molecule has 0 aliphatic heterocycles. The van der Waals surface area contributed by atoms with Crippen LogP contribution in [0.3, 0.4) is 0 Å². The zero-order valence-corrected chi connectivity index (χ0v) is 11.9. The molecule has 2 rings (SSSR count). The van der Waals surface area contributed by atoms with Gasteiger partial charge in [-0.3, -0.25) is 0 Å². The molecule has 2 N–H and O–H groups in total. The van der Waals surface area contributed by atoms with Crippen LogP contribution in [0, 0.1) is 17.7 Å². The highest BCUT2D eigenvalue weighted by Gasteiger charge is 2.30. The summed E-state index contributed by atoms with van der Waals surface area (Å²) in [6.07, 6.45) is 5.98. The molecule has 0 saturated heterocycles. The Kier molecular flexibility index (Phi) is 4.81. The normalized spacial score (nSPS) is 25.1. The van der Waals surface area contributed by atoms with Crippen molar-refractivity contribution in [2.45, 2.75) is 45.1 Å². The Labute approximate surface area is 115 Å². The van der Waals surface area contributed by atoms with Crippen molar-refractivity contribution in [2.24, 2.45) is 17.6 Å². The molecule has 2 nitrogen and oxygen atoms in total. The lowest BCUT2D eigenvalue weighted by molar-refractivity contribution is 0.194. The van der Waals surface area contributed by atoms with E-state index in [4.69, 9.17) is 10.5 Å². The van der Waals surface area contributed by atoms with Gasteiger partial charge in [0.1, 0.15) is 11.6 Å². The topological polar surface area (TPSA) is 35.2 Å². The fraction of sp³-hybridized carbons (Fsp3) is 0.625. The molecule has 1 aliphatic carbocycles. The van der Waals surface area contributed by atoms with Gasteiger partial charge < -0.3 is 10.5 Å². The molecule has 0 bridgehead atoms. The van der Waals surface area contributed by atoms with E-state index in [-0.39, 0.29) is 11.9 Å². The molecule has 1 aromatic rings. The maximum Gasteiger partial charge on any atom is 0.131 e. The second-order valence-corrected chi connectivity index (χ2v) is 5.53. The number of hydrogen-bond donors (Lipinski definition) is 1. The van der Waals surface area contributed by atoms with Crippen LogP contribution < -0.4 is 10.5 Å².